The summed E-state index contributed by atoms with van der Waals surface area (Å²) in [4.78, 5) is 32.3. The van der Waals surface area contributed by atoms with Gasteiger partial charge in [-0.15, -0.1) is 34.4 Å². The molecule has 0 saturated carbocycles. The molecule has 0 bridgehead atoms. The molecule has 0 aliphatic carbocycles. The number of hydrogen-bond acceptors (Lipinski definition) is 6. The Hall–Kier alpha value is -1.64. The van der Waals surface area contributed by atoms with Crippen molar-refractivity contribution in [3.63, 3.8) is 0 Å². The number of aromatic nitrogens is 2. The van der Waals surface area contributed by atoms with E-state index in [0.29, 0.717) is 23.0 Å². The Kier molecular flexibility index (Phi) is 5.37. The van der Waals surface area contributed by atoms with Crippen molar-refractivity contribution in [2.45, 2.75) is 19.2 Å². The first-order chi connectivity index (χ1) is 11.5. The van der Waals surface area contributed by atoms with Crippen molar-refractivity contribution in [3.8, 4) is 0 Å². The van der Waals surface area contributed by atoms with Crippen LogP contribution in [0.25, 0.3) is 4.96 Å². The van der Waals surface area contributed by atoms with E-state index in [1.807, 2.05) is 17.8 Å². The molecule has 0 atom stereocenters. The molecule has 5 nitrogen and oxygen atoms in total. The Morgan fingerprint density at radius 1 is 1.38 bits per heavy atom. The van der Waals surface area contributed by atoms with E-state index in [9.17, 15) is 9.59 Å². The standard InChI is InChI=1S/C16H17N3O2S3/c1-11-3-5-23-13(11)8-18(2)15(21)10-22-9-12-7-14(20)19-4-6-24-16(19)17-12/h3-7H,8-10H2,1-2H3. The Bertz CT molecular complexity index is 913. The molecule has 3 rings (SSSR count). The first-order valence-electron chi connectivity index (χ1n) is 7.35. The lowest BCUT2D eigenvalue weighted by Crippen LogP contribution is -2.27. The van der Waals surface area contributed by atoms with Crippen LogP contribution in [-0.2, 0) is 17.1 Å². The number of carbonyl (C=O) groups is 1. The number of thioether (sulfide) groups is 1. The molecule has 0 saturated heterocycles. The Morgan fingerprint density at radius 2 is 2.21 bits per heavy atom. The molecule has 0 unspecified atom stereocenters. The molecule has 1 amide bonds. The van der Waals surface area contributed by atoms with Crippen molar-refractivity contribution >= 4 is 45.3 Å². The molecule has 0 aromatic carbocycles. The van der Waals surface area contributed by atoms with Crippen LogP contribution >= 0.6 is 34.4 Å². The van der Waals surface area contributed by atoms with Gasteiger partial charge in [-0.2, -0.15) is 0 Å². The lowest BCUT2D eigenvalue weighted by atomic mass is 10.3. The number of carbonyl (C=O) groups excluding carboxylic acids is 1. The number of thiazole rings is 1. The predicted molar refractivity (Wildman–Crippen MR) is 101 cm³/mol. The number of thiophene rings is 1. The minimum Gasteiger partial charge on any atom is -0.340 e. The molecule has 0 aliphatic heterocycles. The topological polar surface area (TPSA) is 54.7 Å². The monoisotopic (exact) mass is 379 g/mol. The summed E-state index contributed by atoms with van der Waals surface area (Å²) in [5.74, 6) is 1.02. The van der Waals surface area contributed by atoms with Gasteiger partial charge in [0.05, 0.1) is 18.0 Å². The fraction of sp³-hybridized carbons (Fsp3) is 0.312. The molecule has 0 fully saturated rings. The SMILES string of the molecule is Cc1ccsc1CN(C)C(=O)CSCc1cc(=O)n2ccsc2n1. The van der Waals surface area contributed by atoms with Gasteiger partial charge in [-0.25, -0.2) is 4.98 Å². The van der Waals surface area contributed by atoms with Gasteiger partial charge in [0, 0.05) is 35.3 Å². The zero-order chi connectivity index (χ0) is 17.1. The first-order valence-corrected chi connectivity index (χ1v) is 10.3. The average Bonchev–Trinajstić information content (AvgIpc) is 3.17. The second kappa shape index (κ2) is 7.50. The maximum atomic E-state index is 12.2. The summed E-state index contributed by atoms with van der Waals surface area (Å²) in [6.45, 7) is 2.70. The second-order valence-corrected chi connectivity index (χ2v) is 8.27. The molecule has 0 N–H and O–H groups in total. The number of hydrogen-bond donors (Lipinski definition) is 0. The van der Waals surface area contributed by atoms with Crippen LogP contribution < -0.4 is 5.56 Å². The van der Waals surface area contributed by atoms with E-state index >= 15 is 0 Å². The Balaban J connectivity index is 1.54. The van der Waals surface area contributed by atoms with Crippen molar-refractivity contribution in [2.24, 2.45) is 0 Å². The predicted octanol–water partition coefficient (Wildman–Crippen LogP) is 3.02. The largest absolute Gasteiger partial charge is 0.340 e. The molecular formula is C16H17N3O2S3. The molecule has 3 heterocycles. The molecular weight excluding hydrogens is 362 g/mol. The van der Waals surface area contributed by atoms with Gasteiger partial charge in [0.15, 0.2) is 4.96 Å². The summed E-state index contributed by atoms with van der Waals surface area (Å²) >= 11 is 4.59. The summed E-state index contributed by atoms with van der Waals surface area (Å²) in [6, 6.07) is 3.61. The molecule has 0 aliphatic rings. The van der Waals surface area contributed by atoms with Gasteiger partial charge in [0.25, 0.3) is 5.56 Å². The van der Waals surface area contributed by atoms with Crippen LogP contribution in [0.2, 0.25) is 0 Å². The third-order valence-electron chi connectivity index (χ3n) is 3.61. The smallest absolute Gasteiger partial charge is 0.258 e. The van der Waals surface area contributed by atoms with E-state index in [0.717, 1.165) is 5.69 Å². The number of rotatable bonds is 6. The molecule has 24 heavy (non-hydrogen) atoms. The van der Waals surface area contributed by atoms with Crippen molar-refractivity contribution in [2.75, 3.05) is 12.8 Å². The quantitative estimate of drug-likeness (QED) is 0.661. The highest BCUT2D eigenvalue weighted by Crippen LogP contribution is 2.18. The molecule has 0 radical (unpaired) electrons. The van der Waals surface area contributed by atoms with Crippen LogP contribution in [0.15, 0.2) is 33.9 Å². The van der Waals surface area contributed by atoms with E-state index in [2.05, 4.69) is 18.0 Å². The minimum absolute atomic E-state index is 0.0755. The van der Waals surface area contributed by atoms with E-state index in [1.54, 1.807) is 22.4 Å². The summed E-state index contributed by atoms with van der Waals surface area (Å²) in [5, 5.41) is 3.88. The van der Waals surface area contributed by atoms with Gasteiger partial charge in [-0.05, 0) is 23.9 Å². The van der Waals surface area contributed by atoms with Crippen molar-refractivity contribution < 1.29 is 4.79 Å². The number of nitrogens with zero attached hydrogens (tertiary/aromatic N) is 3. The lowest BCUT2D eigenvalue weighted by Gasteiger charge is -2.16. The number of amides is 1. The summed E-state index contributed by atoms with van der Waals surface area (Å²) in [7, 11) is 1.82. The van der Waals surface area contributed by atoms with E-state index < -0.39 is 0 Å². The fourth-order valence-electron chi connectivity index (χ4n) is 2.18. The normalized spacial score (nSPS) is 11.1. The van der Waals surface area contributed by atoms with E-state index in [4.69, 9.17) is 0 Å². The van der Waals surface area contributed by atoms with Gasteiger partial charge in [-0.1, -0.05) is 0 Å². The Morgan fingerprint density at radius 3 is 2.96 bits per heavy atom. The summed E-state index contributed by atoms with van der Waals surface area (Å²) in [6.07, 6.45) is 1.72. The van der Waals surface area contributed by atoms with Crippen LogP contribution in [0, 0.1) is 6.92 Å². The van der Waals surface area contributed by atoms with E-state index in [1.165, 1.54) is 44.0 Å². The summed E-state index contributed by atoms with van der Waals surface area (Å²) in [5.41, 5.74) is 1.87. The lowest BCUT2D eigenvalue weighted by molar-refractivity contribution is -0.127. The van der Waals surface area contributed by atoms with Crippen molar-refractivity contribution in [1.29, 1.82) is 0 Å². The van der Waals surface area contributed by atoms with Gasteiger partial charge in [0.2, 0.25) is 5.91 Å². The van der Waals surface area contributed by atoms with Crippen molar-refractivity contribution in [1.82, 2.24) is 14.3 Å². The minimum atomic E-state index is -0.0755. The van der Waals surface area contributed by atoms with Gasteiger partial charge >= 0.3 is 0 Å². The van der Waals surface area contributed by atoms with E-state index in [-0.39, 0.29) is 11.5 Å². The first kappa shape index (κ1) is 17.2. The molecule has 0 spiro atoms. The zero-order valence-corrected chi connectivity index (χ0v) is 15.8. The van der Waals surface area contributed by atoms with Crippen LogP contribution in [0.4, 0.5) is 0 Å². The number of aryl methyl sites for hydroxylation is 1. The van der Waals surface area contributed by atoms with Crippen LogP contribution in [0.5, 0.6) is 0 Å². The number of fused-ring (bicyclic) bond motifs is 1. The summed E-state index contributed by atoms with van der Waals surface area (Å²) < 4.78 is 1.53. The highest BCUT2D eigenvalue weighted by Gasteiger charge is 2.12. The fourth-order valence-corrected chi connectivity index (χ4v) is 4.74. The van der Waals surface area contributed by atoms with Crippen molar-refractivity contribution in [3.05, 3.63) is 55.6 Å². The third-order valence-corrected chi connectivity index (χ3v) is 6.32. The van der Waals surface area contributed by atoms with Crippen LogP contribution in [0.3, 0.4) is 0 Å². The molecule has 3 aromatic heterocycles. The Labute approximate surface area is 152 Å². The van der Waals surface area contributed by atoms with Gasteiger partial charge in [-0.3, -0.25) is 14.0 Å². The third kappa shape index (κ3) is 3.88. The van der Waals surface area contributed by atoms with Crippen LogP contribution in [0.1, 0.15) is 16.1 Å². The molecule has 8 heteroatoms. The average molecular weight is 380 g/mol. The maximum Gasteiger partial charge on any atom is 0.258 e. The maximum absolute atomic E-state index is 12.2. The second-order valence-electron chi connectivity index (χ2n) is 5.41. The zero-order valence-electron chi connectivity index (χ0n) is 13.4. The van der Waals surface area contributed by atoms with Gasteiger partial charge < -0.3 is 4.90 Å². The van der Waals surface area contributed by atoms with Gasteiger partial charge in [0.1, 0.15) is 0 Å². The molecule has 126 valence electrons. The molecule has 3 aromatic rings. The van der Waals surface area contributed by atoms with Crippen LogP contribution in [-0.4, -0.2) is 33.0 Å². The highest BCUT2D eigenvalue weighted by atomic mass is 32.2. The highest BCUT2D eigenvalue weighted by molar-refractivity contribution is 7.99.